The molecule has 0 atom stereocenters. The number of halogens is 1. The summed E-state index contributed by atoms with van der Waals surface area (Å²) in [7, 11) is 0. The van der Waals surface area contributed by atoms with Gasteiger partial charge in [0.05, 0.1) is 11.9 Å². The van der Waals surface area contributed by atoms with E-state index in [0.29, 0.717) is 5.69 Å². The van der Waals surface area contributed by atoms with Gasteiger partial charge in [-0.2, -0.15) is 5.10 Å². The van der Waals surface area contributed by atoms with Crippen LogP contribution in [0, 0.1) is 0 Å². The summed E-state index contributed by atoms with van der Waals surface area (Å²) in [5, 5.41) is 9.57. The fourth-order valence-electron chi connectivity index (χ4n) is 1.93. The molecular formula is C10H14ClN3O. The predicted octanol–water partition coefficient (Wildman–Crippen LogP) is 2.17. The molecule has 1 fully saturated rings. The molecule has 2 rings (SSSR count). The molecule has 1 saturated carbocycles. The van der Waals surface area contributed by atoms with E-state index in [1.807, 2.05) is 0 Å². The minimum atomic E-state index is -0.341. The van der Waals surface area contributed by atoms with Crippen molar-refractivity contribution in [3.05, 3.63) is 21.6 Å². The van der Waals surface area contributed by atoms with Gasteiger partial charge in [0, 0.05) is 5.54 Å². The smallest absolute Gasteiger partial charge is 0.285 e. The van der Waals surface area contributed by atoms with Gasteiger partial charge in [0.25, 0.3) is 5.56 Å². The predicted molar refractivity (Wildman–Crippen MR) is 60.4 cm³/mol. The third kappa shape index (κ3) is 1.86. The highest BCUT2D eigenvalue weighted by Gasteiger charge is 2.35. The Morgan fingerprint density at radius 3 is 2.93 bits per heavy atom. The van der Waals surface area contributed by atoms with Gasteiger partial charge in [0.15, 0.2) is 0 Å². The van der Waals surface area contributed by atoms with Crippen molar-refractivity contribution in [2.45, 2.75) is 38.1 Å². The molecule has 1 aliphatic rings. The lowest BCUT2D eigenvalue weighted by molar-refractivity contribution is 0.269. The molecule has 0 saturated heterocycles. The summed E-state index contributed by atoms with van der Waals surface area (Å²) in [6.07, 6.45) is 6.10. The Balaban J connectivity index is 2.24. The normalized spacial score (nSPS) is 18.3. The standard InChI is InChI=1S/C10H14ClN3O/c1-2-10(4-3-5-10)13-7-6-12-14-9(15)8(7)11/h6H,2-5H2,1H3,(H2,13,14,15). The average Bonchev–Trinajstić information content (AvgIpc) is 2.18. The second-order valence-electron chi connectivity index (χ2n) is 4.04. The lowest BCUT2D eigenvalue weighted by Gasteiger charge is -2.42. The van der Waals surface area contributed by atoms with Gasteiger partial charge >= 0.3 is 0 Å². The molecule has 4 nitrogen and oxygen atoms in total. The average molecular weight is 228 g/mol. The van der Waals surface area contributed by atoms with Gasteiger partial charge in [-0.1, -0.05) is 18.5 Å². The molecule has 0 amide bonds. The number of nitrogens with zero attached hydrogens (tertiary/aromatic N) is 1. The molecule has 15 heavy (non-hydrogen) atoms. The quantitative estimate of drug-likeness (QED) is 0.832. The molecule has 0 bridgehead atoms. The highest BCUT2D eigenvalue weighted by molar-refractivity contribution is 6.32. The van der Waals surface area contributed by atoms with E-state index in [4.69, 9.17) is 11.6 Å². The van der Waals surface area contributed by atoms with Crippen LogP contribution < -0.4 is 10.9 Å². The third-order valence-corrected chi connectivity index (χ3v) is 3.56. The third-order valence-electron chi connectivity index (χ3n) is 3.18. The minimum absolute atomic E-state index is 0.124. The van der Waals surface area contributed by atoms with Gasteiger partial charge in [0.2, 0.25) is 0 Å². The van der Waals surface area contributed by atoms with E-state index in [1.54, 1.807) is 6.20 Å². The van der Waals surface area contributed by atoms with Crippen molar-refractivity contribution in [2.24, 2.45) is 0 Å². The molecule has 0 unspecified atom stereocenters. The molecule has 5 heteroatoms. The number of nitrogens with one attached hydrogen (secondary N) is 2. The van der Waals surface area contributed by atoms with E-state index in [2.05, 4.69) is 22.4 Å². The maximum absolute atomic E-state index is 11.2. The van der Waals surface area contributed by atoms with Gasteiger partial charge < -0.3 is 5.32 Å². The summed E-state index contributed by atoms with van der Waals surface area (Å²) in [5.74, 6) is 0. The Morgan fingerprint density at radius 1 is 1.67 bits per heavy atom. The van der Waals surface area contributed by atoms with Crippen LogP contribution in [0.3, 0.4) is 0 Å². The first kappa shape index (κ1) is 10.5. The van der Waals surface area contributed by atoms with E-state index in [9.17, 15) is 4.79 Å². The van der Waals surface area contributed by atoms with Crippen LogP contribution >= 0.6 is 11.6 Å². The molecule has 1 aliphatic carbocycles. The van der Waals surface area contributed by atoms with Gasteiger partial charge in [-0.05, 0) is 25.7 Å². The summed E-state index contributed by atoms with van der Waals surface area (Å²) in [5.41, 5.74) is 0.424. The van der Waals surface area contributed by atoms with E-state index in [-0.39, 0.29) is 16.1 Å². The minimum Gasteiger partial charge on any atom is -0.377 e. The second kappa shape index (κ2) is 3.85. The zero-order valence-corrected chi connectivity index (χ0v) is 9.40. The topological polar surface area (TPSA) is 57.8 Å². The van der Waals surface area contributed by atoms with Crippen LogP contribution in [-0.2, 0) is 0 Å². The fraction of sp³-hybridized carbons (Fsp3) is 0.600. The van der Waals surface area contributed by atoms with Crippen LogP contribution in [0.5, 0.6) is 0 Å². The lowest BCUT2D eigenvalue weighted by atomic mass is 9.75. The monoisotopic (exact) mass is 227 g/mol. The highest BCUT2D eigenvalue weighted by Crippen LogP contribution is 2.38. The molecule has 0 aliphatic heterocycles. The first-order valence-corrected chi connectivity index (χ1v) is 5.56. The highest BCUT2D eigenvalue weighted by atomic mass is 35.5. The summed E-state index contributed by atoms with van der Waals surface area (Å²) in [6, 6.07) is 0. The Kier molecular flexibility index (Phi) is 2.69. The number of H-pyrrole nitrogens is 1. The molecule has 0 aromatic carbocycles. The van der Waals surface area contributed by atoms with Crippen molar-refractivity contribution in [1.29, 1.82) is 0 Å². The van der Waals surface area contributed by atoms with E-state index >= 15 is 0 Å². The molecule has 1 heterocycles. The first-order chi connectivity index (χ1) is 7.17. The van der Waals surface area contributed by atoms with Crippen molar-refractivity contribution in [3.8, 4) is 0 Å². The van der Waals surface area contributed by atoms with Gasteiger partial charge in [-0.3, -0.25) is 4.79 Å². The Hall–Kier alpha value is -1.03. The van der Waals surface area contributed by atoms with Crippen LogP contribution in [-0.4, -0.2) is 15.7 Å². The Morgan fingerprint density at radius 2 is 2.40 bits per heavy atom. The van der Waals surface area contributed by atoms with Crippen molar-refractivity contribution in [1.82, 2.24) is 10.2 Å². The number of anilines is 1. The van der Waals surface area contributed by atoms with Crippen LogP contribution in [0.4, 0.5) is 5.69 Å². The van der Waals surface area contributed by atoms with E-state index in [1.165, 1.54) is 6.42 Å². The Labute approximate surface area is 93.0 Å². The van der Waals surface area contributed by atoms with Gasteiger partial charge in [0.1, 0.15) is 5.02 Å². The SMILES string of the molecule is CCC1(Nc2cn[nH]c(=O)c2Cl)CCC1. The molecule has 2 N–H and O–H groups in total. The lowest BCUT2D eigenvalue weighted by Crippen LogP contribution is -2.44. The number of aromatic nitrogens is 2. The van der Waals surface area contributed by atoms with E-state index in [0.717, 1.165) is 19.3 Å². The molecule has 0 radical (unpaired) electrons. The van der Waals surface area contributed by atoms with E-state index < -0.39 is 0 Å². The Bertz CT molecular complexity index is 406. The molecular weight excluding hydrogens is 214 g/mol. The van der Waals surface area contributed by atoms with Crippen molar-refractivity contribution in [2.75, 3.05) is 5.32 Å². The summed E-state index contributed by atoms with van der Waals surface area (Å²) >= 11 is 5.89. The maximum atomic E-state index is 11.2. The molecule has 0 spiro atoms. The summed E-state index contributed by atoms with van der Waals surface area (Å²) < 4.78 is 0. The van der Waals surface area contributed by atoms with Crippen molar-refractivity contribution < 1.29 is 0 Å². The molecule has 82 valence electrons. The summed E-state index contributed by atoms with van der Waals surface area (Å²) in [4.78, 5) is 11.2. The zero-order valence-electron chi connectivity index (χ0n) is 8.64. The van der Waals surface area contributed by atoms with Crippen LogP contribution in [0.1, 0.15) is 32.6 Å². The molecule has 1 aromatic heterocycles. The van der Waals surface area contributed by atoms with Gasteiger partial charge in [-0.15, -0.1) is 0 Å². The number of hydrogen-bond donors (Lipinski definition) is 2. The number of aromatic amines is 1. The molecule has 1 aromatic rings. The van der Waals surface area contributed by atoms with Crippen LogP contribution in [0.2, 0.25) is 5.02 Å². The number of hydrogen-bond acceptors (Lipinski definition) is 3. The number of rotatable bonds is 3. The summed E-state index contributed by atoms with van der Waals surface area (Å²) in [6.45, 7) is 2.14. The maximum Gasteiger partial charge on any atom is 0.285 e. The first-order valence-electron chi connectivity index (χ1n) is 5.18. The van der Waals surface area contributed by atoms with Gasteiger partial charge in [-0.25, -0.2) is 5.10 Å². The fourth-order valence-corrected chi connectivity index (χ4v) is 2.07. The van der Waals surface area contributed by atoms with Crippen LogP contribution in [0.15, 0.2) is 11.0 Å². The largest absolute Gasteiger partial charge is 0.377 e. The zero-order chi connectivity index (χ0) is 10.9. The second-order valence-corrected chi connectivity index (χ2v) is 4.42. The van der Waals surface area contributed by atoms with Crippen molar-refractivity contribution in [3.63, 3.8) is 0 Å². The van der Waals surface area contributed by atoms with Crippen LogP contribution in [0.25, 0.3) is 0 Å². The van der Waals surface area contributed by atoms with Crippen molar-refractivity contribution >= 4 is 17.3 Å².